The van der Waals surface area contributed by atoms with Crippen molar-refractivity contribution in [1.29, 1.82) is 0 Å². The summed E-state index contributed by atoms with van der Waals surface area (Å²) in [6.07, 6.45) is -3.98. The standard InChI is InChI=1S/C21H34N4O11/c1-10(2)7-11(18(32)25-19(33)35-6)22-16(30)12(8-14(26)27)23-17(31)13(9-15(28)29)24-20(34)36-21(3,4)5/h10-13H,7-9H2,1-6H3,(H,22,30)(H,23,31)(H,24,34)(H,26,27)(H,28,29)(H,25,32,33)/t11-,12-,13?/m0/s1. The van der Waals surface area contributed by atoms with Crippen LogP contribution in [0.5, 0.6) is 0 Å². The van der Waals surface area contributed by atoms with Gasteiger partial charge in [0, 0.05) is 0 Å². The molecule has 15 heteroatoms. The van der Waals surface area contributed by atoms with Crippen LogP contribution in [0.4, 0.5) is 9.59 Å². The van der Waals surface area contributed by atoms with Gasteiger partial charge in [-0.25, -0.2) is 9.59 Å². The van der Waals surface area contributed by atoms with E-state index in [9.17, 15) is 38.7 Å². The lowest BCUT2D eigenvalue weighted by atomic mass is 10.0. The molecule has 0 saturated heterocycles. The number of hydrogen-bond acceptors (Lipinski definition) is 9. The van der Waals surface area contributed by atoms with Crippen LogP contribution in [0.2, 0.25) is 0 Å². The van der Waals surface area contributed by atoms with Gasteiger partial charge >= 0.3 is 24.1 Å². The smallest absolute Gasteiger partial charge is 0.413 e. The van der Waals surface area contributed by atoms with Crippen molar-refractivity contribution in [3.8, 4) is 0 Å². The molecule has 0 aromatic rings. The maximum absolute atomic E-state index is 12.8. The molecule has 0 aromatic carbocycles. The van der Waals surface area contributed by atoms with Gasteiger partial charge in [-0.2, -0.15) is 0 Å². The fourth-order valence-corrected chi connectivity index (χ4v) is 2.70. The van der Waals surface area contributed by atoms with Crippen molar-refractivity contribution >= 4 is 41.8 Å². The van der Waals surface area contributed by atoms with E-state index in [4.69, 9.17) is 9.84 Å². The molecule has 36 heavy (non-hydrogen) atoms. The molecule has 3 atom stereocenters. The molecule has 0 bridgehead atoms. The summed E-state index contributed by atoms with van der Waals surface area (Å²) in [6, 6.07) is -4.76. The average molecular weight is 519 g/mol. The first-order chi connectivity index (χ1) is 16.4. The summed E-state index contributed by atoms with van der Waals surface area (Å²) in [6.45, 7) is 8.06. The molecule has 0 heterocycles. The second-order valence-corrected chi connectivity index (χ2v) is 9.13. The van der Waals surface area contributed by atoms with Gasteiger partial charge in [0.2, 0.25) is 11.8 Å². The molecule has 0 aliphatic heterocycles. The Morgan fingerprint density at radius 2 is 1.17 bits per heavy atom. The van der Waals surface area contributed by atoms with Gasteiger partial charge in [-0.1, -0.05) is 13.8 Å². The van der Waals surface area contributed by atoms with Crippen molar-refractivity contribution in [1.82, 2.24) is 21.3 Å². The van der Waals surface area contributed by atoms with Crippen molar-refractivity contribution < 1.29 is 53.2 Å². The molecule has 0 rings (SSSR count). The lowest BCUT2D eigenvalue weighted by Gasteiger charge is -2.25. The van der Waals surface area contributed by atoms with E-state index in [0.29, 0.717) is 0 Å². The van der Waals surface area contributed by atoms with Crippen LogP contribution in [-0.4, -0.2) is 82.9 Å². The zero-order chi connectivity index (χ0) is 28.2. The molecule has 0 fully saturated rings. The van der Waals surface area contributed by atoms with Crippen molar-refractivity contribution in [2.24, 2.45) is 5.92 Å². The van der Waals surface area contributed by atoms with Gasteiger partial charge in [0.15, 0.2) is 0 Å². The molecule has 5 amide bonds. The highest BCUT2D eigenvalue weighted by atomic mass is 16.6. The van der Waals surface area contributed by atoms with Gasteiger partial charge < -0.3 is 35.6 Å². The fraction of sp³-hybridized carbons (Fsp3) is 0.667. The number of alkyl carbamates (subject to hydrolysis) is 2. The summed E-state index contributed by atoms with van der Waals surface area (Å²) in [5.74, 6) is -6.32. The average Bonchev–Trinajstić information content (AvgIpc) is 2.69. The Labute approximate surface area is 207 Å². The quantitative estimate of drug-likeness (QED) is 0.197. The van der Waals surface area contributed by atoms with E-state index in [2.05, 4.69) is 20.7 Å². The second kappa shape index (κ2) is 14.5. The lowest BCUT2D eigenvalue weighted by molar-refractivity contribution is -0.142. The van der Waals surface area contributed by atoms with Gasteiger partial charge in [-0.15, -0.1) is 0 Å². The van der Waals surface area contributed by atoms with Crippen molar-refractivity contribution in [3.05, 3.63) is 0 Å². The van der Waals surface area contributed by atoms with E-state index in [1.807, 2.05) is 5.32 Å². The van der Waals surface area contributed by atoms with Crippen LogP contribution in [0, 0.1) is 5.92 Å². The summed E-state index contributed by atoms with van der Waals surface area (Å²) in [5, 5.41) is 26.6. The molecule has 0 radical (unpaired) electrons. The predicted octanol–water partition coefficient (Wildman–Crippen LogP) is -0.273. The third-order valence-electron chi connectivity index (χ3n) is 4.15. The Morgan fingerprint density at radius 1 is 0.722 bits per heavy atom. The Kier molecular flexibility index (Phi) is 12.9. The lowest BCUT2D eigenvalue weighted by Crippen LogP contribution is -2.58. The molecular weight excluding hydrogens is 484 g/mol. The zero-order valence-corrected chi connectivity index (χ0v) is 21.0. The summed E-state index contributed by atoms with van der Waals surface area (Å²) < 4.78 is 9.34. The topological polar surface area (TPSA) is 227 Å². The minimum atomic E-state index is -1.76. The monoisotopic (exact) mass is 518 g/mol. The number of carbonyl (C=O) groups is 7. The first-order valence-corrected chi connectivity index (χ1v) is 10.9. The molecule has 0 aliphatic rings. The number of carboxylic acid groups (broad SMARTS) is 2. The predicted molar refractivity (Wildman–Crippen MR) is 122 cm³/mol. The van der Waals surface area contributed by atoms with Crippen LogP contribution in [0.1, 0.15) is 53.9 Å². The number of amides is 5. The highest BCUT2D eigenvalue weighted by molar-refractivity contribution is 5.99. The van der Waals surface area contributed by atoms with Crippen molar-refractivity contribution in [3.63, 3.8) is 0 Å². The molecule has 1 unspecified atom stereocenters. The Bertz CT molecular complexity index is 851. The minimum absolute atomic E-state index is 0.0458. The van der Waals surface area contributed by atoms with Crippen LogP contribution in [0.15, 0.2) is 0 Å². The molecule has 15 nitrogen and oxygen atoms in total. The number of ether oxygens (including phenoxy) is 2. The van der Waals surface area contributed by atoms with Crippen molar-refractivity contribution in [2.45, 2.75) is 77.6 Å². The van der Waals surface area contributed by atoms with E-state index in [0.717, 1.165) is 7.11 Å². The fourth-order valence-electron chi connectivity index (χ4n) is 2.70. The Morgan fingerprint density at radius 3 is 1.56 bits per heavy atom. The zero-order valence-electron chi connectivity index (χ0n) is 21.0. The number of methoxy groups -OCH3 is 1. The van der Waals surface area contributed by atoms with Crippen LogP contribution in [0.3, 0.4) is 0 Å². The normalized spacial score (nSPS) is 13.4. The highest BCUT2D eigenvalue weighted by Crippen LogP contribution is 2.09. The van der Waals surface area contributed by atoms with E-state index in [1.165, 1.54) is 20.8 Å². The van der Waals surface area contributed by atoms with Crippen LogP contribution < -0.4 is 21.3 Å². The third-order valence-corrected chi connectivity index (χ3v) is 4.15. The molecule has 0 aliphatic carbocycles. The highest BCUT2D eigenvalue weighted by Gasteiger charge is 2.33. The summed E-state index contributed by atoms with van der Waals surface area (Å²) in [7, 11) is 1.02. The molecule has 0 saturated carbocycles. The maximum Gasteiger partial charge on any atom is 0.413 e. The third kappa shape index (κ3) is 13.7. The number of aliphatic carboxylic acids is 2. The number of carboxylic acids is 2. The second-order valence-electron chi connectivity index (χ2n) is 9.13. The van der Waals surface area contributed by atoms with Gasteiger partial charge in [0.25, 0.3) is 5.91 Å². The molecule has 0 spiro atoms. The van der Waals surface area contributed by atoms with E-state index in [1.54, 1.807) is 13.8 Å². The van der Waals surface area contributed by atoms with Gasteiger partial charge in [0.05, 0.1) is 20.0 Å². The van der Waals surface area contributed by atoms with Crippen LogP contribution in [-0.2, 0) is 33.4 Å². The van der Waals surface area contributed by atoms with Crippen LogP contribution in [0.25, 0.3) is 0 Å². The first kappa shape index (κ1) is 32.1. The Balaban J connectivity index is 5.71. The minimum Gasteiger partial charge on any atom is -0.481 e. The largest absolute Gasteiger partial charge is 0.481 e. The first-order valence-electron chi connectivity index (χ1n) is 10.9. The van der Waals surface area contributed by atoms with E-state index >= 15 is 0 Å². The van der Waals surface area contributed by atoms with Gasteiger partial charge in [0.1, 0.15) is 23.7 Å². The number of nitrogens with one attached hydrogen (secondary N) is 4. The summed E-state index contributed by atoms with van der Waals surface area (Å²) in [4.78, 5) is 83.7. The van der Waals surface area contributed by atoms with E-state index in [-0.39, 0.29) is 12.3 Å². The van der Waals surface area contributed by atoms with Gasteiger partial charge in [-0.05, 0) is 33.1 Å². The van der Waals surface area contributed by atoms with Gasteiger partial charge in [-0.3, -0.25) is 29.3 Å². The molecule has 6 N–H and O–H groups in total. The number of hydrogen-bond donors (Lipinski definition) is 6. The SMILES string of the molecule is COC(=O)NC(=O)[C@H](CC(C)C)NC(=O)[C@H](CC(=O)O)NC(=O)C(CC(=O)O)NC(=O)OC(C)(C)C. The molecular formula is C21H34N4O11. The van der Waals surface area contributed by atoms with Crippen LogP contribution >= 0.6 is 0 Å². The van der Waals surface area contributed by atoms with Crippen molar-refractivity contribution in [2.75, 3.05) is 7.11 Å². The number of carbonyl (C=O) groups excluding carboxylic acids is 5. The molecule has 0 aromatic heterocycles. The Hall–Kier alpha value is -3.91. The summed E-state index contributed by atoms with van der Waals surface area (Å²) in [5.41, 5.74) is -0.962. The number of rotatable bonds is 12. The maximum atomic E-state index is 12.8. The summed E-state index contributed by atoms with van der Waals surface area (Å²) >= 11 is 0. The molecule has 204 valence electrons. The number of imide groups is 1. The van der Waals surface area contributed by atoms with E-state index < -0.39 is 78.4 Å².